The van der Waals surface area contributed by atoms with Gasteiger partial charge in [0.25, 0.3) is 5.56 Å². The van der Waals surface area contributed by atoms with Gasteiger partial charge in [-0.1, -0.05) is 36.7 Å². The first-order valence-corrected chi connectivity index (χ1v) is 12.2. The maximum Gasteiger partial charge on any atom is 0.263 e. The van der Waals surface area contributed by atoms with Crippen LogP contribution in [0.1, 0.15) is 59.4 Å². The van der Waals surface area contributed by atoms with Gasteiger partial charge in [-0.15, -0.1) is 11.3 Å². The average Bonchev–Trinajstić information content (AvgIpc) is 3.35. The van der Waals surface area contributed by atoms with Crippen LogP contribution in [0.25, 0.3) is 10.2 Å². The number of fused-ring (bicyclic) bond motifs is 1. The molecular weight excluding hydrogens is 430 g/mol. The summed E-state index contributed by atoms with van der Waals surface area (Å²) in [6.45, 7) is 5.48. The van der Waals surface area contributed by atoms with Crippen molar-refractivity contribution in [3.8, 4) is 0 Å². The second kappa shape index (κ2) is 8.96. The normalized spacial score (nSPS) is 14.3. The van der Waals surface area contributed by atoms with E-state index in [9.17, 15) is 14.4 Å². The molecule has 8 heteroatoms. The molecule has 1 aliphatic carbocycles. The number of thiophene rings is 1. The number of aromatic nitrogens is 2. The van der Waals surface area contributed by atoms with E-state index in [2.05, 4.69) is 5.32 Å². The molecule has 1 aliphatic rings. The number of aryl methyl sites for hydroxylation is 2. The van der Waals surface area contributed by atoms with Gasteiger partial charge >= 0.3 is 0 Å². The third kappa shape index (κ3) is 4.45. The molecular formula is C23H25N3O3S2. The second-order valence-corrected chi connectivity index (χ2v) is 10.1. The van der Waals surface area contributed by atoms with Crippen molar-refractivity contribution in [2.24, 2.45) is 0 Å². The zero-order valence-electron chi connectivity index (χ0n) is 17.9. The largest absolute Gasteiger partial charge is 0.325 e. The summed E-state index contributed by atoms with van der Waals surface area (Å²) in [6.07, 6.45) is 4.14. The number of nitrogens with zero attached hydrogens (tertiary/aromatic N) is 2. The molecule has 0 radical (unpaired) electrons. The molecule has 1 saturated carbocycles. The zero-order chi connectivity index (χ0) is 22.1. The van der Waals surface area contributed by atoms with E-state index in [0.29, 0.717) is 21.8 Å². The molecule has 6 nitrogen and oxygen atoms in total. The van der Waals surface area contributed by atoms with Crippen LogP contribution in [0.15, 0.2) is 34.2 Å². The topological polar surface area (TPSA) is 81.1 Å². The molecule has 0 atom stereocenters. The molecule has 1 aromatic carbocycles. The molecule has 3 aromatic rings. The van der Waals surface area contributed by atoms with Crippen molar-refractivity contribution in [1.82, 2.24) is 9.55 Å². The van der Waals surface area contributed by atoms with E-state index in [4.69, 9.17) is 4.98 Å². The number of hydrogen-bond acceptors (Lipinski definition) is 6. The van der Waals surface area contributed by atoms with Crippen LogP contribution in [0.3, 0.4) is 0 Å². The molecule has 31 heavy (non-hydrogen) atoms. The predicted octanol–water partition coefficient (Wildman–Crippen LogP) is 5.12. The van der Waals surface area contributed by atoms with Crippen molar-refractivity contribution < 1.29 is 9.59 Å². The minimum Gasteiger partial charge on any atom is -0.325 e. The third-order valence-electron chi connectivity index (χ3n) is 5.78. The van der Waals surface area contributed by atoms with Crippen LogP contribution in [-0.2, 0) is 4.79 Å². The monoisotopic (exact) mass is 455 g/mol. The number of carbonyl (C=O) groups is 2. The van der Waals surface area contributed by atoms with Gasteiger partial charge in [0.05, 0.1) is 11.1 Å². The lowest BCUT2D eigenvalue weighted by Crippen LogP contribution is -2.27. The highest BCUT2D eigenvalue weighted by atomic mass is 32.2. The van der Waals surface area contributed by atoms with Gasteiger partial charge < -0.3 is 5.32 Å². The first-order chi connectivity index (χ1) is 14.8. The molecule has 0 unspecified atom stereocenters. The number of carbonyl (C=O) groups excluding carboxylic acids is 2. The van der Waals surface area contributed by atoms with E-state index in [1.165, 1.54) is 30.0 Å². The highest BCUT2D eigenvalue weighted by Gasteiger charge is 2.25. The number of hydrogen-bond donors (Lipinski definition) is 1. The van der Waals surface area contributed by atoms with Crippen LogP contribution < -0.4 is 10.9 Å². The quantitative estimate of drug-likeness (QED) is 0.317. The number of rotatable bonds is 6. The molecule has 2 aromatic heterocycles. The lowest BCUT2D eigenvalue weighted by atomic mass is 10.1. The van der Waals surface area contributed by atoms with Crippen LogP contribution in [-0.4, -0.2) is 27.0 Å². The lowest BCUT2D eigenvalue weighted by molar-refractivity contribution is -0.113. The smallest absolute Gasteiger partial charge is 0.263 e. The van der Waals surface area contributed by atoms with Crippen LogP contribution in [0.4, 0.5) is 5.69 Å². The Morgan fingerprint density at radius 3 is 2.71 bits per heavy atom. The van der Waals surface area contributed by atoms with Gasteiger partial charge in [-0.2, -0.15) is 0 Å². The SMILES string of the molecule is CC(=O)c1cccc(NC(=O)CSc2nc3sc(C)c(C)c3c(=O)n2C2CCCC2)c1. The summed E-state index contributed by atoms with van der Waals surface area (Å²) in [4.78, 5) is 44.2. The highest BCUT2D eigenvalue weighted by Crippen LogP contribution is 2.34. The van der Waals surface area contributed by atoms with Gasteiger partial charge in [-0.05, 0) is 51.3 Å². The number of nitrogens with one attached hydrogen (secondary N) is 1. The molecule has 0 spiro atoms. The van der Waals surface area contributed by atoms with Crippen molar-refractivity contribution in [3.63, 3.8) is 0 Å². The van der Waals surface area contributed by atoms with Gasteiger partial charge in [-0.25, -0.2) is 4.98 Å². The summed E-state index contributed by atoms with van der Waals surface area (Å²) in [7, 11) is 0. The number of ketones is 1. The van der Waals surface area contributed by atoms with Crippen molar-refractivity contribution >= 4 is 50.7 Å². The maximum atomic E-state index is 13.4. The van der Waals surface area contributed by atoms with Gasteiger partial charge in [0.15, 0.2) is 10.9 Å². The molecule has 1 fully saturated rings. The molecule has 162 valence electrons. The molecule has 0 bridgehead atoms. The first-order valence-electron chi connectivity index (χ1n) is 10.4. The van der Waals surface area contributed by atoms with Crippen molar-refractivity contribution in [3.05, 3.63) is 50.6 Å². The number of amides is 1. The summed E-state index contributed by atoms with van der Waals surface area (Å²) in [6, 6.07) is 7.03. The van der Waals surface area contributed by atoms with E-state index in [-0.39, 0.29) is 29.0 Å². The van der Waals surface area contributed by atoms with E-state index in [0.717, 1.165) is 41.0 Å². The van der Waals surface area contributed by atoms with Crippen molar-refractivity contribution in [2.45, 2.75) is 57.7 Å². The number of anilines is 1. The second-order valence-electron chi connectivity index (χ2n) is 7.95. The zero-order valence-corrected chi connectivity index (χ0v) is 19.5. The van der Waals surface area contributed by atoms with Crippen LogP contribution in [0.2, 0.25) is 0 Å². The highest BCUT2D eigenvalue weighted by molar-refractivity contribution is 7.99. The molecule has 2 heterocycles. The Labute approximate surface area is 189 Å². The number of thioether (sulfide) groups is 1. The van der Waals surface area contributed by atoms with Crippen molar-refractivity contribution in [1.29, 1.82) is 0 Å². The standard InChI is InChI=1S/C23H25N3O3S2/c1-13-15(3)31-21-20(13)22(29)26(18-9-4-5-10-18)23(25-21)30-12-19(28)24-17-8-6-7-16(11-17)14(2)27/h6-8,11,18H,4-5,9-10,12H2,1-3H3,(H,24,28). The number of benzene rings is 1. The van der Waals surface area contributed by atoms with E-state index < -0.39 is 0 Å². The van der Waals surface area contributed by atoms with Gasteiger partial charge in [0.1, 0.15) is 4.83 Å². The number of Topliss-reactive ketones (excluding diaryl/α,β-unsaturated/α-hetero) is 1. The molecule has 0 aliphatic heterocycles. The summed E-state index contributed by atoms with van der Waals surface area (Å²) < 4.78 is 1.82. The van der Waals surface area contributed by atoms with Gasteiger partial charge in [0.2, 0.25) is 5.91 Å². The van der Waals surface area contributed by atoms with Crippen LogP contribution in [0.5, 0.6) is 0 Å². The molecule has 0 saturated heterocycles. The van der Waals surface area contributed by atoms with E-state index in [1.807, 2.05) is 18.4 Å². The summed E-state index contributed by atoms with van der Waals surface area (Å²) >= 11 is 2.82. The Morgan fingerprint density at radius 2 is 2.00 bits per heavy atom. The maximum absolute atomic E-state index is 13.4. The predicted molar refractivity (Wildman–Crippen MR) is 127 cm³/mol. The van der Waals surface area contributed by atoms with Gasteiger partial charge in [0, 0.05) is 22.2 Å². The molecule has 1 amide bonds. The third-order valence-corrected chi connectivity index (χ3v) is 7.83. The van der Waals surface area contributed by atoms with Crippen LogP contribution >= 0.6 is 23.1 Å². The Hall–Kier alpha value is -2.45. The molecule has 4 rings (SSSR count). The van der Waals surface area contributed by atoms with Crippen molar-refractivity contribution in [2.75, 3.05) is 11.1 Å². The van der Waals surface area contributed by atoms with E-state index >= 15 is 0 Å². The van der Waals surface area contributed by atoms with E-state index in [1.54, 1.807) is 24.3 Å². The fraction of sp³-hybridized carbons (Fsp3) is 0.391. The minimum absolute atomic E-state index is 0.0100. The van der Waals surface area contributed by atoms with Crippen LogP contribution in [0, 0.1) is 13.8 Å². The summed E-state index contributed by atoms with van der Waals surface area (Å²) in [5.41, 5.74) is 2.15. The average molecular weight is 456 g/mol. The fourth-order valence-electron chi connectivity index (χ4n) is 4.02. The minimum atomic E-state index is -0.198. The Balaban J connectivity index is 1.59. The summed E-state index contributed by atoms with van der Waals surface area (Å²) in [5.74, 6) is -0.111. The lowest BCUT2D eigenvalue weighted by Gasteiger charge is -2.18. The fourth-order valence-corrected chi connectivity index (χ4v) is 5.95. The summed E-state index contributed by atoms with van der Waals surface area (Å²) in [5, 5.41) is 4.16. The Morgan fingerprint density at radius 1 is 1.26 bits per heavy atom. The first kappa shape index (κ1) is 21.8. The Bertz CT molecular complexity index is 1220. The Kier molecular flexibility index (Phi) is 6.29. The molecule has 1 N–H and O–H groups in total. The van der Waals surface area contributed by atoms with Gasteiger partial charge in [-0.3, -0.25) is 19.0 Å².